The van der Waals surface area contributed by atoms with E-state index in [1.165, 1.54) is 32.3 Å². The van der Waals surface area contributed by atoms with Crippen molar-refractivity contribution in [3.8, 4) is 0 Å². The Kier molecular flexibility index (Phi) is 6.60. The summed E-state index contributed by atoms with van der Waals surface area (Å²) in [7, 11) is -2.93. The Morgan fingerprint density at radius 3 is 0.711 bits per heavy atom. The van der Waals surface area contributed by atoms with E-state index in [1.807, 2.05) is 0 Å². The molecule has 0 unspecified atom stereocenters. The van der Waals surface area contributed by atoms with Crippen LogP contribution in [0.4, 0.5) is 0 Å². The summed E-state index contributed by atoms with van der Waals surface area (Å²) in [4.78, 5) is 0. The lowest BCUT2D eigenvalue weighted by Gasteiger charge is -2.52. The van der Waals surface area contributed by atoms with Gasteiger partial charge in [0.05, 0.1) is 5.04 Å². The predicted octanol–water partition coefficient (Wildman–Crippen LogP) is 6.73. The molecule has 0 heterocycles. The summed E-state index contributed by atoms with van der Waals surface area (Å²) in [5, 5.41) is 3.69. The highest BCUT2D eigenvalue weighted by molar-refractivity contribution is 7.14. The third kappa shape index (κ3) is 3.75. The largest absolute Gasteiger partial charge is 0.167 e. The second-order valence-corrected chi connectivity index (χ2v) is 13.7. The molecular formula is C37H30Si. The van der Waals surface area contributed by atoms with E-state index in [-0.39, 0.29) is 0 Å². The molecule has 0 aliphatic rings. The Labute approximate surface area is 226 Å². The van der Waals surface area contributed by atoms with Crippen molar-refractivity contribution in [2.45, 2.75) is 5.04 Å². The fourth-order valence-corrected chi connectivity index (χ4v) is 12.6. The van der Waals surface area contributed by atoms with Gasteiger partial charge >= 0.3 is 0 Å². The fourth-order valence-electron chi connectivity index (χ4n) is 6.43. The fraction of sp³-hybridized carbons (Fsp3) is 0.0270. The molecule has 0 saturated carbocycles. The molecule has 0 N–H and O–H groups in total. The first kappa shape index (κ1) is 23.9. The van der Waals surface area contributed by atoms with Crippen LogP contribution >= 0.6 is 0 Å². The zero-order valence-corrected chi connectivity index (χ0v) is 22.3. The molecule has 0 spiro atoms. The lowest BCUT2D eigenvalue weighted by atomic mass is 9.83. The molecule has 6 rings (SSSR count). The monoisotopic (exact) mass is 502 g/mol. The van der Waals surface area contributed by atoms with Crippen molar-refractivity contribution < 1.29 is 0 Å². The summed E-state index contributed by atoms with van der Waals surface area (Å²) < 4.78 is 0. The van der Waals surface area contributed by atoms with E-state index in [9.17, 15) is 0 Å². The average Bonchev–Trinajstić information content (AvgIpc) is 3.02. The molecule has 0 aliphatic heterocycles. The maximum atomic E-state index is 2.36. The van der Waals surface area contributed by atoms with Gasteiger partial charge in [-0.1, -0.05) is 182 Å². The van der Waals surface area contributed by atoms with Crippen LogP contribution in [0, 0.1) is 0 Å². The van der Waals surface area contributed by atoms with Gasteiger partial charge in [-0.25, -0.2) is 0 Å². The minimum atomic E-state index is -2.93. The number of hydrogen-bond acceptors (Lipinski definition) is 0. The molecule has 0 aliphatic carbocycles. The zero-order valence-electron chi connectivity index (χ0n) is 21.3. The Bertz CT molecular complexity index is 1250. The van der Waals surface area contributed by atoms with Crippen LogP contribution in [0.2, 0.25) is 0 Å². The van der Waals surface area contributed by atoms with Crippen LogP contribution in [-0.2, 0) is 5.04 Å². The first-order valence-corrected chi connectivity index (χ1v) is 15.2. The maximum absolute atomic E-state index is 2.93. The van der Waals surface area contributed by atoms with Crippen molar-refractivity contribution in [1.29, 1.82) is 0 Å². The minimum Gasteiger partial charge on any atom is -0.0624 e. The van der Waals surface area contributed by atoms with E-state index >= 15 is 0 Å². The highest BCUT2D eigenvalue weighted by Gasteiger charge is 2.59. The Balaban J connectivity index is 1.93. The van der Waals surface area contributed by atoms with Crippen LogP contribution in [-0.4, -0.2) is 8.07 Å². The van der Waals surface area contributed by atoms with Crippen molar-refractivity contribution in [1.82, 2.24) is 0 Å². The standard InChI is InChI=1S/C37H30Si/c1-7-19-31(20-8-1)37(32-21-9-2-10-22-32,33-23-11-3-12-24-33)38(34-25-13-4-14-26-34,35-27-15-5-16-28-35)36-29-17-6-18-30-36/h1-30H. The number of benzene rings is 6. The Morgan fingerprint density at radius 2 is 0.474 bits per heavy atom. The van der Waals surface area contributed by atoms with Gasteiger partial charge in [-0.15, -0.1) is 0 Å². The molecule has 0 radical (unpaired) electrons. The second-order valence-electron chi connectivity index (χ2n) is 9.70. The van der Waals surface area contributed by atoms with Gasteiger partial charge in [-0.2, -0.15) is 0 Å². The van der Waals surface area contributed by atoms with Gasteiger partial charge in [0.2, 0.25) is 0 Å². The van der Waals surface area contributed by atoms with Gasteiger partial charge in [0.15, 0.2) is 8.07 Å². The van der Waals surface area contributed by atoms with E-state index in [0.29, 0.717) is 0 Å². The normalized spacial score (nSPS) is 11.7. The van der Waals surface area contributed by atoms with E-state index in [2.05, 4.69) is 182 Å². The Hall–Kier alpha value is -4.46. The van der Waals surface area contributed by atoms with Gasteiger partial charge in [0.25, 0.3) is 0 Å². The first-order chi connectivity index (χ1) is 18.9. The van der Waals surface area contributed by atoms with Crippen LogP contribution in [0.25, 0.3) is 0 Å². The molecular weight excluding hydrogens is 472 g/mol. The lowest BCUT2D eigenvalue weighted by molar-refractivity contribution is 0.846. The van der Waals surface area contributed by atoms with E-state index in [1.54, 1.807) is 0 Å². The number of hydrogen-bond donors (Lipinski definition) is 0. The van der Waals surface area contributed by atoms with E-state index < -0.39 is 13.1 Å². The zero-order chi connectivity index (χ0) is 25.7. The van der Waals surface area contributed by atoms with E-state index in [0.717, 1.165) is 0 Å². The molecule has 0 nitrogen and oxygen atoms in total. The van der Waals surface area contributed by atoms with Gasteiger partial charge in [0, 0.05) is 0 Å². The Morgan fingerprint density at radius 1 is 0.263 bits per heavy atom. The summed E-state index contributed by atoms with van der Waals surface area (Å²) in [6.07, 6.45) is 0. The van der Waals surface area contributed by atoms with Crippen molar-refractivity contribution in [3.63, 3.8) is 0 Å². The lowest BCUT2D eigenvalue weighted by Crippen LogP contribution is -2.79. The minimum absolute atomic E-state index is 0.458. The summed E-state index contributed by atoms with van der Waals surface area (Å²) in [5.74, 6) is 0. The molecule has 0 bridgehead atoms. The van der Waals surface area contributed by atoms with Crippen LogP contribution < -0.4 is 15.6 Å². The molecule has 0 saturated heterocycles. The van der Waals surface area contributed by atoms with Gasteiger partial charge in [-0.3, -0.25) is 0 Å². The SMILES string of the molecule is c1ccc(C(c2ccccc2)(c2ccccc2)[Si](c2ccccc2)(c2ccccc2)c2ccccc2)cc1. The van der Waals surface area contributed by atoms with Crippen molar-refractivity contribution in [2.75, 3.05) is 0 Å². The molecule has 182 valence electrons. The smallest absolute Gasteiger partial charge is 0.0624 e. The van der Waals surface area contributed by atoms with Crippen LogP contribution in [0.3, 0.4) is 0 Å². The van der Waals surface area contributed by atoms with Gasteiger partial charge < -0.3 is 0 Å². The molecule has 0 atom stereocenters. The maximum Gasteiger partial charge on any atom is 0.167 e. The highest BCUT2D eigenvalue weighted by Crippen LogP contribution is 2.46. The summed E-state index contributed by atoms with van der Waals surface area (Å²) in [6, 6.07) is 67.3. The van der Waals surface area contributed by atoms with Crippen molar-refractivity contribution in [2.24, 2.45) is 0 Å². The molecule has 38 heavy (non-hydrogen) atoms. The summed E-state index contributed by atoms with van der Waals surface area (Å²) in [6.45, 7) is 0. The van der Waals surface area contributed by atoms with Crippen LogP contribution in [0.5, 0.6) is 0 Å². The third-order valence-electron chi connectivity index (χ3n) is 7.80. The quantitative estimate of drug-likeness (QED) is 0.168. The number of rotatable bonds is 7. The summed E-state index contributed by atoms with van der Waals surface area (Å²) in [5.41, 5.74) is 3.92. The molecule has 0 amide bonds. The van der Waals surface area contributed by atoms with Crippen LogP contribution in [0.1, 0.15) is 16.7 Å². The average molecular weight is 503 g/mol. The first-order valence-electron chi connectivity index (χ1n) is 13.2. The predicted molar refractivity (Wildman–Crippen MR) is 163 cm³/mol. The molecule has 0 aromatic heterocycles. The molecule has 6 aromatic carbocycles. The molecule has 6 aromatic rings. The van der Waals surface area contributed by atoms with Crippen molar-refractivity contribution >= 4 is 23.6 Å². The van der Waals surface area contributed by atoms with Crippen LogP contribution in [0.15, 0.2) is 182 Å². The molecule has 0 fully saturated rings. The van der Waals surface area contributed by atoms with Gasteiger partial charge in [-0.05, 0) is 32.3 Å². The van der Waals surface area contributed by atoms with Crippen molar-refractivity contribution in [3.05, 3.63) is 199 Å². The van der Waals surface area contributed by atoms with Gasteiger partial charge in [0.1, 0.15) is 0 Å². The summed E-state index contributed by atoms with van der Waals surface area (Å²) >= 11 is 0. The highest BCUT2D eigenvalue weighted by atomic mass is 28.3. The third-order valence-corrected chi connectivity index (χ3v) is 13.4. The topological polar surface area (TPSA) is 0 Å². The molecule has 1 heteroatoms. The van der Waals surface area contributed by atoms with E-state index in [4.69, 9.17) is 0 Å². The second kappa shape index (κ2) is 10.5.